The minimum absolute atomic E-state index is 0.459. The second-order valence-electron chi connectivity index (χ2n) is 7.61. The fourth-order valence-electron chi connectivity index (χ4n) is 2.95. The van der Waals surface area contributed by atoms with Crippen molar-refractivity contribution in [2.75, 3.05) is 7.05 Å². The van der Waals surface area contributed by atoms with Crippen LogP contribution in [0.15, 0.2) is 54.6 Å². The third-order valence-corrected chi connectivity index (χ3v) is 5.01. The van der Waals surface area contributed by atoms with Crippen molar-refractivity contribution in [2.24, 2.45) is 0 Å². The molecule has 29 heavy (non-hydrogen) atoms. The van der Waals surface area contributed by atoms with E-state index in [-0.39, 0.29) is 0 Å². The van der Waals surface area contributed by atoms with Crippen LogP contribution in [0.4, 0.5) is 0 Å². The Morgan fingerprint density at radius 1 is 0.793 bits per heavy atom. The molecule has 0 fully saturated rings. The summed E-state index contributed by atoms with van der Waals surface area (Å²) in [7, 11) is 1.97. The zero-order valence-electron chi connectivity index (χ0n) is 19.2. The van der Waals surface area contributed by atoms with Crippen molar-refractivity contribution in [2.45, 2.75) is 96.9 Å². The molecule has 1 aromatic carbocycles. The van der Waals surface area contributed by atoms with E-state index >= 15 is 0 Å². The van der Waals surface area contributed by atoms with Gasteiger partial charge in [0.25, 0.3) is 0 Å². The first-order valence-electron chi connectivity index (χ1n) is 11.7. The molecule has 0 bridgehead atoms. The van der Waals surface area contributed by atoms with Gasteiger partial charge in [0.2, 0.25) is 0 Å². The number of nitrogens with one attached hydrogen (secondary N) is 1. The lowest BCUT2D eigenvalue weighted by Crippen LogP contribution is -2.11. The van der Waals surface area contributed by atoms with Gasteiger partial charge in [-0.1, -0.05) is 93.7 Å². The molecule has 1 rings (SSSR count). The van der Waals surface area contributed by atoms with E-state index in [0.717, 1.165) is 25.5 Å². The molecule has 0 heterocycles. The van der Waals surface area contributed by atoms with Crippen molar-refractivity contribution in [1.29, 1.82) is 0 Å². The molecule has 0 aliphatic rings. The van der Waals surface area contributed by atoms with Crippen LogP contribution in [0.25, 0.3) is 0 Å². The summed E-state index contributed by atoms with van der Waals surface area (Å²) in [6, 6.07) is 10.9. The number of rotatable bonds is 16. The van der Waals surface area contributed by atoms with Crippen LogP contribution in [0.2, 0.25) is 0 Å². The van der Waals surface area contributed by atoms with Crippen LogP contribution in [0.3, 0.4) is 0 Å². The Bertz CT molecular complexity index is 507. The van der Waals surface area contributed by atoms with E-state index in [4.69, 9.17) is 0 Å². The van der Waals surface area contributed by atoms with E-state index in [9.17, 15) is 4.79 Å². The van der Waals surface area contributed by atoms with Gasteiger partial charge in [-0.15, -0.1) is 0 Å². The molecule has 0 radical (unpaired) electrons. The molecule has 0 aromatic heterocycles. The molecule has 0 aliphatic heterocycles. The maximum Gasteiger partial charge on any atom is 0.119 e. The molecular formula is C27H45NO. The molecule has 1 aromatic rings. The summed E-state index contributed by atoms with van der Waals surface area (Å²) in [4.78, 5) is 10.1. The molecule has 0 aliphatic carbocycles. The predicted octanol–water partition coefficient (Wildman–Crippen LogP) is 7.97. The number of hydrogen-bond donors (Lipinski definition) is 1. The minimum atomic E-state index is 0.459. The van der Waals surface area contributed by atoms with E-state index in [1.54, 1.807) is 0 Å². The Morgan fingerprint density at radius 3 is 1.90 bits per heavy atom. The molecule has 1 unspecified atom stereocenters. The molecule has 0 saturated heterocycles. The van der Waals surface area contributed by atoms with Crippen molar-refractivity contribution in [3.63, 3.8) is 0 Å². The van der Waals surface area contributed by atoms with Crippen LogP contribution >= 0.6 is 0 Å². The molecule has 2 nitrogen and oxygen atoms in total. The number of unbranched alkanes of at least 4 members (excludes halogenated alkanes) is 9. The van der Waals surface area contributed by atoms with Gasteiger partial charge in [0.05, 0.1) is 0 Å². The van der Waals surface area contributed by atoms with Crippen molar-refractivity contribution in [3.8, 4) is 0 Å². The fourth-order valence-corrected chi connectivity index (χ4v) is 2.95. The lowest BCUT2D eigenvalue weighted by molar-refractivity contribution is -0.107. The molecule has 2 heteroatoms. The Balaban J connectivity index is 0.000000651. The van der Waals surface area contributed by atoms with E-state index in [1.807, 2.05) is 13.1 Å². The van der Waals surface area contributed by atoms with Crippen LogP contribution in [-0.4, -0.2) is 13.3 Å². The van der Waals surface area contributed by atoms with Gasteiger partial charge in [-0.25, -0.2) is 0 Å². The second kappa shape index (κ2) is 22.6. The van der Waals surface area contributed by atoms with Gasteiger partial charge in [-0.05, 0) is 58.1 Å². The summed E-state index contributed by atoms with van der Waals surface area (Å²) in [6.07, 6.45) is 24.6. The highest BCUT2D eigenvalue weighted by molar-refractivity contribution is 5.48. The summed E-state index contributed by atoms with van der Waals surface area (Å²) in [6.45, 7) is 4.39. The van der Waals surface area contributed by atoms with Crippen molar-refractivity contribution in [1.82, 2.24) is 5.32 Å². The lowest BCUT2D eigenvalue weighted by Gasteiger charge is -2.08. The zero-order valence-corrected chi connectivity index (χ0v) is 19.2. The molecular weight excluding hydrogens is 354 g/mol. The molecule has 1 atom stereocenters. The van der Waals surface area contributed by atoms with E-state index < -0.39 is 0 Å². The molecule has 164 valence electrons. The van der Waals surface area contributed by atoms with Gasteiger partial charge in [-0.3, -0.25) is 0 Å². The van der Waals surface area contributed by atoms with Gasteiger partial charge < -0.3 is 10.1 Å². The Morgan fingerprint density at radius 2 is 1.34 bits per heavy atom. The summed E-state index contributed by atoms with van der Waals surface area (Å²) in [5.74, 6) is 0. The predicted molar refractivity (Wildman–Crippen MR) is 129 cm³/mol. The van der Waals surface area contributed by atoms with Gasteiger partial charge in [0.1, 0.15) is 6.29 Å². The first kappa shape index (κ1) is 27.3. The molecule has 0 amide bonds. The largest absolute Gasteiger partial charge is 0.313 e. The monoisotopic (exact) mass is 399 g/mol. The van der Waals surface area contributed by atoms with Gasteiger partial charge in [0.15, 0.2) is 0 Å². The Labute approximate surface area is 180 Å². The number of benzene rings is 1. The molecule has 0 spiro atoms. The maximum absolute atomic E-state index is 10.1. The quantitative estimate of drug-likeness (QED) is 0.173. The van der Waals surface area contributed by atoms with Gasteiger partial charge in [-0.2, -0.15) is 0 Å². The third kappa shape index (κ3) is 19.4. The number of aldehydes is 1. The maximum atomic E-state index is 10.1. The normalized spacial score (nSPS) is 12.1. The summed E-state index contributed by atoms with van der Waals surface area (Å²) in [5.41, 5.74) is 1.34. The topological polar surface area (TPSA) is 29.1 Å². The summed E-state index contributed by atoms with van der Waals surface area (Å²) >= 11 is 0. The fraction of sp³-hybridized carbons (Fsp3) is 0.593. The number of hydrogen-bond acceptors (Lipinski definition) is 2. The van der Waals surface area contributed by atoms with E-state index in [1.165, 1.54) is 63.4 Å². The zero-order chi connectivity index (χ0) is 21.4. The average molecular weight is 400 g/mol. The van der Waals surface area contributed by atoms with Gasteiger partial charge >= 0.3 is 0 Å². The minimum Gasteiger partial charge on any atom is -0.313 e. The highest BCUT2D eigenvalue weighted by Gasteiger charge is 1.97. The van der Waals surface area contributed by atoms with Crippen LogP contribution in [0.1, 0.15) is 103 Å². The van der Waals surface area contributed by atoms with Crippen molar-refractivity contribution < 1.29 is 4.79 Å². The van der Waals surface area contributed by atoms with E-state index in [0.29, 0.717) is 6.04 Å². The first-order valence-corrected chi connectivity index (χ1v) is 11.7. The van der Waals surface area contributed by atoms with Crippen molar-refractivity contribution >= 4 is 6.29 Å². The van der Waals surface area contributed by atoms with E-state index in [2.05, 4.69) is 67.7 Å². The summed E-state index contributed by atoms with van der Waals surface area (Å²) < 4.78 is 0. The van der Waals surface area contributed by atoms with Crippen molar-refractivity contribution in [3.05, 3.63) is 60.2 Å². The van der Waals surface area contributed by atoms with Crippen LogP contribution < -0.4 is 5.32 Å². The van der Waals surface area contributed by atoms with Crippen LogP contribution in [0, 0.1) is 0 Å². The third-order valence-electron chi connectivity index (χ3n) is 5.01. The van der Waals surface area contributed by atoms with Gasteiger partial charge in [0, 0.05) is 12.5 Å². The number of carbonyl (C=O) groups is 1. The standard InChI is InChI=1S/C18H32O.C9H13N/c1-2-3-4-5-6-7-8-9-10-11-12-13-14-15-16-17-18-19;1-8(10-2)9-6-4-3-5-7-9/h6-7,9-10,18H,2-5,8,11-17H2,1H3;3-8,10H,1-2H3/b7-6-,10-9-;. The number of allylic oxidation sites excluding steroid dienone is 4. The van der Waals surface area contributed by atoms with Crippen LogP contribution in [0.5, 0.6) is 0 Å². The smallest absolute Gasteiger partial charge is 0.119 e. The lowest BCUT2D eigenvalue weighted by atomic mass is 10.1. The Hall–Kier alpha value is -1.67. The first-order chi connectivity index (χ1) is 14.3. The molecule has 1 N–H and O–H groups in total. The highest BCUT2D eigenvalue weighted by atomic mass is 16.1. The number of carbonyl (C=O) groups excluding carboxylic acids is 1. The highest BCUT2D eigenvalue weighted by Crippen LogP contribution is 2.09. The second-order valence-corrected chi connectivity index (χ2v) is 7.61. The van der Waals surface area contributed by atoms with Crippen LogP contribution in [-0.2, 0) is 4.79 Å². The average Bonchev–Trinajstić information content (AvgIpc) is 2.77. The SMILES string of the molecule is CCCCC/C=C\C/C=C\CCCCCCCC=O.CNC(C)c1ccccc1. The Kier molecular flexibility index (Phi) is 21.3. The summed E-state index contributed by atoms with van der Waals surface area (Å²) in [5, 5.41) is 3.18. The molecule has 0 saturated carbocycles.